The fourth-order valence-corrected chi connectivity index (χ4v) is 1.71. The molecule has 3 nitrogen and oxygen atoms in total. The molecular weight excluding hydrogens is 314 g/mol. The molecule has 0 rings (SSSR count). The summed E-state index contributed by atoms with van der Waals surface area (Å²) >= 11 is 5.18. The SMILES string of the molecule is O=S(=O)(OC(CCCCCl)C(F)(F)F)C(F)(F)F. The number of alkyl halides is 7. The summed E-state index contributed by atoms with van der Waals surface area (Å²) in [5.41, 5.74) is -5.89. The van der Waals surface area contributed by atoms with Crippen LogP contribution in [0.5, 0.6) is 0 Å². The van der Waals surface area contributed by atoms with E-state index in [1.807, 2.05) is 0 Å². The Balaban J connectivity index is 4.82. The molecule has 0 radical (unpaired) electrons. The molecule has 0 aliphatic heterocycles. The molecule has 0 spiro atoms. The van der Waals surface area contributed by atoms with Crippen LogP contribution in [0.2, 0.25) is 0 Å². The minimum Gasteiger partial charge on any atom is -0.250 e. The highest BCUT2D eigenvalue weighted by atomic mass is 35.5. The van der Waals surface area contributed by atoms with Crippen molar-refractivity contribution in [3.05, 3.63) is 0 Å². The van der Waals surface area contributed by atoms with Gasteiger partial charge >= 0.3 is 21.8 Å². The third-order valence-electron chi connectivity index (χ3n) is 1.74. The van der Waals surface area contributed by atoms with Crippen molar-refractivity contribution in [1.82, 2.24) is 0 Å². The first-order valence-electron chi connectivity index (χ1n) is 4.54. The maximum Gasteiger partial charge on any atom is 0.523 e. The molecular formula is C7H9ClF6O3S. The number of hydrogen-bond donors (Lipinski definition) is 0. The Morgan fingerprint density at radius 2 is 1.56 bits per heavy atom. The van der Waals surface area contributed by atoms with Gasteiger partial charge in [-0.3, -0.25) is 4.18 Å². The largest absolute Gasteiger partial charge is 0.523 e. The second-order valence-corrected chi connectivity index (χ2v) is 5.15. The van der Waals surface area contributed by atoms with Crippen molar-refractivity contribution >= 4 is 21.7 Å². The van der Waals surface area contributed by atoms with Crippen LogP contribution < -0.4 is 0 Å². The second kappa shape index (κ2) is 6.29. The first-order chi connectivity index (χ1) is 7.92. The molecule has 0 saturated heterocycles. The highest BCUT2D eigenvalue weighted by Crippen LogP contribution is 2.33. The molecule has 11 heteroatoms. The highest BCUT2D eigenvalue weighted by molar-refractivity contribution is 7.87. The molecule has 0 bridgehead atoms. The van der Waals surface area contributed by atoms with Gasteiger partial charge in [-0.05, 0) is 19.3 Å². The summed E-state index contributed by atoms with van der Waals surface area (Å²) in [6.07, 6.45) is -9.24. The Morgan fingerprint density at radius 1 is 1.06 bits per heavy atom. The van der Waals surface area contributed by atoms with Crippen molar-refractivity contribution in [2.24, 2.45) is 0 Å². The molecule has 0 aliphatic carbocycles. The van der Waals surface area contributed by atoms with Crippen molar-refractivity contribution in [1.29, 1.82) is 0 Å². The lowest BCUT2D eigenvalue weighted by atomic mass is 10.1. The average molecular weight is 323 g/mol. The fourth-order valence-electron chi connectivity index (χ4n) is 0.898. The van der Waals surface area contributed by atoms with Gasteiger partial charge in [-0.1, -0.05) is 0 Å². The Bertz CT molecular complexity index is 349. The molecule has 0 aromatic heterocycles. The number of hydrogen-bond acceptors (Lipinski definition) is 3. The van der Waals surface area contributed by atoms with Crippen LogP contribution in [0, 0.1) is 0 Å². The number of halogens is 7. The van der Waals surface area contributed by atoms with Gasteiger partial charge in [-0.15, -0.1) is 11.6 Å². The quantitative estimate of drug-likeness (QED) is 0.248. The molecule has 1 atom stereocenters. The molecule has 0 aromatic carbocycles. The predicted molar refractivity (Wildman–Crippen MR) is 50.5 cm³/mol. The van der Waals surface area contributed by atoms with Gasteiger partial charge in [0, 0.05) is 5.88 Å². The Kier molecular flexibility index (Phi) is 6.21. The first-order valence-corrected chi connectivity index (χ1v) is 6.48. The van der Waals surface area contributed by atoms with E-state index in [9.17, 15) is 34.8 Å². The van der Waals surface area contributed by atoms with Crippen LogP contribution in [-0.2, 0) is 14.3 Å². The molecule has 0 N–H and O–H groups in total. The van der Waals surface area contributed by atoms with Crippen LogP contribution in [0.25, 0.3) is 0 Å². The summed E-state index contributed by atoms with van der Waals surface area (Å²) in [5.74, 6) is 0.0105. The van der Waals surface area contributed by atoms with Crippen LogP contribution in [-0.4, -0.2) is 32.1 Å². The highest BCUT2D eigenvalue weighted by Gasteiger charge is 2.53. The van der Waals surface area contributed by atoms with Crippen LogP contribution in [0.1, 0.15) is 19.3 Å². The van der Waals surface area contributed by atoms with Gasteiger partial charge in [0.15, 0.2) is 6.10 Å². The molecule has 0 heterocycles. The van der Waals surface area contributed by atoms with Gasteiger partial charge in [-0.25, -0.2) is 0 Å². The van der Waals surface area contributed by atoms with Crippen molar-refractivity contribution < 1.29 is 38.9 Å². The zero-order valence-electron chi connectivity index (χ0n) is 8.68. The molecule has 0 amide bonds. The van der Waals surface area contributed by atoms with E-state index in [2.05, 4.69) is 4.18 Å². The summed E-state index contributed by atoms with van der Waals surface area (Å²) in [7, 11) is -6.27. The summed E-state index contributed by atoms with van der Waals surface area (Å²) in [6, 6.07) is 0. The minimum atomic E-state index is -6.27. The lowest BCUT2D eigenvalue weighted by Gasteiger charge is -2.20. The van der Waals surface area contributed by atoms with E-state index >= 15 is 0 Å². The van der Waals surface area contributed by atoms with Gasteiger partial charge in [0.2, 0.25) is 0 Å². The van der Waals surface area contributed by atoms with E-state index in [0.717, 1.165) is 0 Å². The summed E-state index contributed by atoms with van der Waals surface area (Å²) < 4.78 is 96.6. The monoisotopic (exact) mass is 322 g/mol. The number of rotatable bonds is 6. The van der Waals surface area contributed by atoms with Gasteiger partial charge in [0.05, 0.1) is 0 Å². The molecule has 110 valence electrons. The molecule has 0 aromatic rings. The van der Waals surface area contributed by atoms with E-state index in [0.29, 0.717) is 0 Å². The van der Waals surface area contributed by atoms with E-state index in [1.165, 1.54) is 0 Å². The van der Waals surface area contributed by atoms with Gasteiger partial charge < -0.3 is 0 Å². The Labute approximate surface area is 104 Å². The molecule has 1 unspecified atom stereocenters. The molecule has 18 heavy (non-hydrogen) atoms. The van der Waals surface area contributed by atoms with E-state index < -0.39 is 34.3 Å². The third-order valence-corrected chi connectivity index (χ3v) is 3.06. The maximum absolute atomic E-state index is 12.3. The molecule has 0 aliphatic rings. The first kappa shape index (κ1) is 17.8. The predicted octanol–water partition coefficient (Wildman–Crippen LogP) is 3.19. The van der Waals surface area contributed by atoms with Crippen molar-refractivity contribution in [3.63, 3.8) is 0 Å². The normalized spacial score (nSPS) is 15.7. The van der Waals surface area contributed by atoms with Gasteiger partial charge in [-0.2, -0.15) is 34.8 Å². The van der Waals surface area contributed by atoms with Crippen LogP contribution in [0.3, 0.4) is 0 Å². The summed E-state index contributed by atoms with van der Waals surface area (Å²) in [4.78, 5) is 0. The van der Waals surface area contributed by atoms with Gasteiger partial charge in [0.1, 0.15) is 0 Å². The summed E-state index contributed by atoms with van der Waals surface area (Å²) in [6.45, 7) is 0. The van der Waals surface area contributed by atoms with Crippen LogP contribution in [0.15, 0.2) is 0 Å². The Hall–Kier alpha value is -0.220. The van der Waals surface area contributed by atoms with Crippen LogP contribution >= 0.6 is 11.6 Å². The smallest absolute Gasteiger partial charge is 0.250 e. The lowest BCUT2D eigenvalue weighted by molar-refractivity contribution is -0.199. The van der Waals surface area contributed by atoms with Crippen LogP contribution in [0.4, 0.5) is 26.3 Å². The molecule has 0 fully saturated rings. The van der Waals surface area contributed by atoms with Crippen molar-refractivity contribution in [2.75, 3.05) is 5.88 Å². The maximum atomic E-state index is 12.3. The molecule has 0 saturated carbocycles. The Morgan fingerprint density at radius 3 is 1.89 bits per heavy atom. The van der Waals surface area contributed by atoms with E-state index in [-0.39, 0.29) is 18.7 Å². The van der Waals surface area contributed by atoms with Crippen molar-refractivity contribution in [2.45, 2.75) is 37.1 Å². The average Bonchev–Trinajstić information content (AvgIpc) is 2.13. The number of unbranched alkanes of at least 4 members (excludes halogenated alkanes) is 1. The third kappa shape index (κ3) is 5.61. The second-order valence-electron chi connectivity index (χ2n) is 3.21. The van der Waals surface area contributed by atoms with Gasteiger partial charge in [0.25, 0.3) is 0 Å². The lowest BCUT2D eigenvalue weighted by Crippen LogP contribution is -2.38. The van der Waals surface area contributed by atoms with E-state index in [4.69, 9.17) is 11.6 Å². The summed E-state index contributed by atoms with van der Waals surface area (Å²) in [5, 5.41) is 0. The zero-order chi connectivity index (χ0) is 14.6. The minimum absolute atomic E-state index is 0.0105. The standard InChI is InChI=1S/C7H9ClF6O3S/c8-4-2-1-3-5(6(9,10)11)17-18(15,16)7(12,13)14/h5H,1-4H2. The topological polar surface area (TPSA) is 43.4 Å². The van der Waals surface area contributed by atoms with Crippen molar-refractivity contribution in [3.8, 4) is 0 Å². The van der Waals surface area contributed by atoms with E-state index in [1.54, 1.807) is 0 Å². The zero-order valence-corrected chi connectivity index (χ0v) is 10.3. The fraction of sp³-hybridized carbons (Fsp3) is 1.00.